The number of rotatable bonds is 2. The highest BCUT2D eigenvalue weighted by Gasteiger charge is 2.10. The van der Waals surface area contributed by atoms with Crippen molar-refractivity contribution in [2.24, 2.45) is 0 Å². The van der Waals surface area contributed by atoms with Crippen LogP contribution in [0.2, 0.25) is 0 Å². The first-order valence-electron chi connectivity index (χ1n) is 4.42. The summed E-state index contributed by atoms with van der Waals surface area (Å²) < 4.78 is 1.73. The Kier molecular flexibility index (Phi) is 1.96. The van der Waals surface area contributed by atoms with Crippen LogP contribution in [0.1, 0.15) is 17.3 Å². The molecule has 0 bridgehead atoms. The predicted octanol–water partition coefficient (Wildman–Crippen LogP) is 1.75. The molecule has 4 nitrogen and oxygen atoms in total. The molecule has 72 valence electrons. The summed E-state index contributed by atoms with van der Waals surface area (Å²) in [5.74, 6) is -0.933. The summed E-state index contributed by atoms with van der Waals surface area (Å²) in [5, 5.41) is 14.0. The van der Waals surface area contributed by atoms with Crippen molar-refractivity contribution in [1.82, 2.24) is 9.78 Å². The zero-order chi connectivity index (χ0) is 10.1. The maximum atomic E-state index is 10.9. The van der Waals surface area contributed by atoms with E-state index in [-0.39, 0.29) is 5.56 Å². The van der Waals surface area contributed by atoms with Crippen LogP contribution in [0.3, 0.4) is 0 Å². The quantitative estimate of drug-likeness (QED) is 0.784. The molecule has 0 unspecified atom stereocenters. The van der Waals surface area contributed by atoms with E-state index in [9.17, 15) is 4.79 Å². The zero-order valence-corrected chi connectivity index (χ0v) is 7.77. The third-order valence-electron chi connectivity index (χ3n) is 2.14. The maximum Gasteiger partial charge on any atom is 0.337 e. The Hall–Kier alpha value is -1.84. The lowest BCUT2D eigenvalue weighted by Gasteiger charge is -1.93. The predicted molar refractivity (Wildman–Crippen MR) is 52.4 cm³/mol. The topological polar surface area (TPSA) is 55.1 Å². The normalized spacial score (nSPS) is 10.6. The molecule has 0 saturated carbocycles. The fraction of sp³-hybridized carbons (Fsp3) is 0.200. The van der Waals surface area contributed by atoms with Gasteiger partial charge in [0.2, 0.25) is 0 Å². The molecule has 0 spiro atoms. The van der Waals surface area contributed by atoms with Crippen LogP contribution in [0, 0.1) is 0 Å². The van der Waals surface area contributed by atoms with Crippen LogP contribution < -0.4 is 0 Å². The molecule has 1 heterocycles. The second kappa shape index (κ2) is 3.14. The smallest absolute Gasteiger partial charge is 0.337 e. The Labute approximate surface area is 80.8 Å². The van der Waals surface area contributed by atoms with E-state index in [1.54, 1.807) is 16.8 Å². The summed E-state index contributed by atoms with van der Waals surface area (Å²) in [6.07, 6.45) is 1.85. The minimum absolute atomic E-state index is 0.259. The lowest BCUT2D eigenvalue weighted by Crippen LogP contribution is -1.98. The fourth-order valence-corrected chi connectivity index (χ4v) is 1.43. The van der Waals surface area contributed by atoms with Crippen LogP contribution in [0.5, 0.6) is 0 Å². The lowest BCUT2D eigenvalue weighted by atomic mass is 10.1. The number of carboxylic acid groups (broad SMARTS) is 1. The summed E-state index contributed by atoms with van der Waals surface area (Å²) in [5.41, 5.74) is 0.816. The third-order valence-corrected chi connectivity index (χ3v) is 2.14. The highest BCUT2D eigenvalue weighted by molar-refractivity contribution is 6.01. The van der Waals surface area contributed by atoms with E-state index >= 15 is 0 Å². The van der Waals surface area contributed by atoms with Crippen molar-refractivity contribution in [2.45, 2.75) is 13.5 Å². The number of hydrogen-bond donors (Lipinski definition) is 1. The Balaban J connectivity index is 2.73. The molecule has 0 amide bonds. The van der Waals surface area contributed by atoms with Crippen molar-refractivity contribution in [1.29, 1.82) is 0 Å². The van der Waals surface area contributed by atoms with Gasteiger partial charge in [0.15, 0.2) is 0 Å². The molecule has 0 saturated heterocycles. The molecular formula is C10H10N2O2. The van der Waals surface area contributed by atoms with Crippen molar-refractivity contribution < 1.29 is 9.90 Å². The number of aromatic nitrogens is 2. The molecule has 2 aromatic rings. The van der Waals surface area contributed by atoms with Gasteiger partial charge < -0.3 is 5.11 Å². The molecule has 0 aliphatic rings. The highest BCUT2D eigenvalue weighted by atomic mass is 16.4. The Morgan fingerprint density at radius 2 is 2.36 bits per heavy atom. The lowest BCUT2D eigenvalue weighted by molar-refractivity contribution is 0.0699. The first kappa shape index (κ1) is 8.74. The van der Waals surface area contributed by atoms with Gasteiger partial charge in [-0.25, -0.2) is 4.79 Å². The average Bonchev–Trinajstić information content (AvgIpc) is 2.59. The van der Waals surface area contributed by atoms with Crippen LogP contribution in [-0.4, -0.2) is 20.9 Å². The van der Waals surface area contributed by atoms with Gasteiger partial charge >= 0.3 is 5.97 Å². The molecule has 0 radical (unpaired) electrons. The van der Waals surface area contributed by atoms with Crippen molar-refractivity contribution in [2.75, 3.05) is 0 Å². The first-order chi connectivity index (χ1) is 6.72. The number of aromatic carboxylic acids is 1. The van der Waals surface area contributed by atoms with Crippen molar-refractivity contribution >= 4 is 16.9 Å². The van der Waals surface area contributed by atoms with Gasteiger partial charge in [-0.3, -0.25) is 4.68 Å². The number of benzene rings is 1. The molecular weight excluding hydrogens is 180 g/mol. The van der Waals surface area contributed by atoms with Crippen LogP contribution in [0.25, 0.3) is 10.9 Å². The van der Waals surface area contributed by atoms with E-state index in [1.165, 1.54) is 0 Å². The molecule has 1 aromatic carbocycles. The van der Waals surface area contributed by atoms with Crippen LogP contribution >= 0.6 is 0 Å². The number of nitrogens with zero attached hydrogens (tertiary/aromatic N) is 2. The second-order valence-electron chi connectivity index (χ2n) is 3.03. The van der Waals surface area contributed by atoms with Crippen molar-refractivity contribution in [3.8, 4) is 0 Å². The molecule has 0 aliphatic heterocycles. The van der Waals surface area contributed by atoms with Crippen LogP contribution in [-0.2, 0) is 6.54 Å². The first-order valence-corrected chi connectivity index (χ1v) is 4.42. The maximum absolute atomic E-state index is 10.9. The molecule has 0 aliphatic carbocycles. The monoisotopic (exact) mass is 190 g/mol. The van der Waals surface area contributed by atoms with Crippen molar-refractivity contribution in [3.63, 3.8) is 0 Å². The molecule has 4 heteroatoms. The minimum Gasteiger partial charge on any atom is -0.478 e. The van der Waals surface area contributed by atoms with Gasteiger partial charge in [0, 0.05) is 18.1 Å². The van der Waals surface area contributed by atoms with E-state index < -0.39 is 5.97 Å². The number of fused-ring (bicyclic) bond motifs is 1. The van der Waals surface area contributed by atoms with Gasteiger partial charge in [-0.05, 0) is 13.0 Å². The van der Waals surface area contributed by atoms with Gasteiger partial charge in [0.05, 0.1) is 5.56 Å². The minimum atomic E-state index is -0.933. The standard InChI is InChI=1S/C10H10N2O2/c1-2-12-6-7-4-3-5-8(10(13)14)9(7)11-12/h3-6H,2H2,1H3,(H,13,14). The summed E-state index contributed by atoms with van der Waals surface area (Å²) >= 11 is 0. The van der Waals surface area contributed by atoms with E-state index in [4.69, 9.17) is 5.11 Å². The fourth-order valence-electron chi connectivity index (χ4n) is 1.43. The molecule has 2 rings (SSSR count). The van der Waals surface area contributed by atoms with Gasteiger partial charge in [0.25, 0.3) is 0 Å². The Morgan fingerprint density at radius 3 is 3.00 bits per heavy atom. The summed E-state index contributed by atoms with van der Waals surface area (Å²) in [7, 11) is 0. The van der Waals surface area contributed by atoms with Crippen LogP contribution in [0.15, 0.2) is 24.4 Å². The van der Waals surface area contributed by atoms with E-state index in [0.29, 0.717) is 5.52 Å². The molecule has 14 heavy (non-hydrogen) atoms. The largest absolute Gasteiger partial charge is 0.478 e. The number of hydrogen-bond acceptors (Lipinski definition) is 2. The van der Waals surface area contributed by atoms with E-state index in [2.05, 4.69) is 5.10 Å². The molecule has 1 aromatic heterocycles. The number of carboxylic acids is 1. The summed E-state index contributed by atoms with van der Waals surface area (Å²) in [4.78, 5) is 10.9. The number of carbonyl (C=O) groups is 1. The second-order valence-corrected chi connectivity index (χ2v) is 3.03. The van der Waals surface area contributed by atoms with Gasteiger partial charge in [0.1, 0.15) is 5.52 Å². The molecule has 1 N–H and O–H groups in total. The Morgan fingerprint density at radius 1 is 1.57 bits per heavy atom. The Bertz CT molecular complexity index is 488. The van der Waals surface area contributed by atoms with Gasteiger partial charge in [-0.2, -0.15) is 5.10 Å². The third kappa shape index (κ3) is 1.25. The molecule has 0 atom stereocenters. The van der Waals surface area contributed by atoms with Crippen LogP contribution in [0.4, 0.5) is 0 Å². The van der Waals surface area contributed by atoms with Gasteiger partial charge in [-0.15, -0.1) is 0 Å². The average molecular weight is 190 g/mol. The highest BCUT2D eigenvalue weighted by Crippen LogP contribution is 2.16. The number of aryl methyl sites for hydroxylation is 1. The summed E-state index contributed by atoms with van der Waals surface area (Å²) in [6, 6.07) is 5.16. The van der Waals surface area contributed by atoms with E-state index in [0.717, 1.165) is 11.9 Å². The SMILES string of the molecule is CCn1cc2cccc(C(=O)O)c2n1. The molecule has 0 fully saturated rings. The zero-order valence-electron chi connectivity index (χ0n) is 7.77. The summed E-state index contributed by atoms with van der Waals surface area (Å²) in [6.45, 7) is 2.71. The van der Waals surface area contributed by atoms with Crippen molar-refractivity contribution in [3.05, 3.63) is 30.0 Å². The van der Waals surface area contributed by atoms with E-state index in [1.807, 2.05) is 19.2 Å². The van der Waals surface area contributed by atoms with Gasteiger partial charge in [-0.1, -0.05) is 12.1 Å².